The predicted molar refractivity (Wildman–Crippen MR) is 99.3 cm³/mol. The fraction of sp³-hybridized carbons (Fsp3) is 0.588. The third-order valence-electron chi connectivity index (χ3n) is 4.29. The van der Waals surface area contributed by atoms with Crippen LogP contribution in [0.25, 0.3) is 0 Å². The highest BCUT2D eigenvalue weighted by Gasteiger charge is 2.33. The summed E-state index contributed by atoms with van der Waals surface area (Å²) in [5, 5.41) is 5.96. The lowest BCUT2D eigenvalue weighted by Gasteiger charge is -2.26. The van der Waals surface area contributed by atoms with Crippen LogP contribution in [0.3, 0.4) is 0 Å². The van der Waals surface area contributed by atoms with Gasteiger partial charge in [0, 0.05) is 32.7 Å². The molecule has 1 fully saturated rings. The fourth-order valence-electron chi connectivity index (χ4n) is 2.76. The molecule has 158 valence electrons. The third kappa shape index (κ3) is 6.93. The summed E-state index contributed by atoms with van der Waals surface area (Å²) in [6.45, 7) is 4.05. The van der Waals surface area contributed by atoms with Gasteiger partial charge in [0.25, 0.3) is 0 Å². The summed E-state index contributed by atoms with van der Waals surface area (Å²) in [5.74, 6) is -0.351. The second-order valence-corrected chi connectivity index (χ2v) is 8.72. The number of nitrogens with zero attached hydrogens (tertiary/aromatic N) is 2. The van der Waals surface area contributed by atoms with Crippen LogP contribution in [0.4, 0.5) is 17.6 Å². The number of benzene rings is 1. The molecule has 2 N–H and O–H groups in total. The average molecular weight is 424 g/mol. The van der Waals surface area contributed by atoms with Gasteiger partial charge in [0.05, 0.1) is 23.6 Å². The first kappa shape index (κ1) is 22.4. The smallest absolute Gasteiger partial charge is 0.357 e. The quantitative estimate of drug-likeness (QED) is 0.413. The molecule has 28 heavy (non-hydrogen) atoms. The summed E-state index contributed by atoms with van der Waals surface area (Å²) in [4.78, 5) is 6.15. The first-order chi connectivity index (χ1) is 13.1. The molecule has 6 nitrogen and oxygen atoms in total. The predicted octanol–water partition coefficient (Wildman–Crippen LogP) is 1.63. The molecule has 2 rings (SSSR count). The normalized spacial score (nSPS) is 18.1. The Morgan fingerprint density at radius 2 is 1.89 bits per heavy atom. The van der Waals surface area contributed by atoms with Gasteiger partial charge in [-0.3, -0.25) is 4.90 Å². The molecule has 0 radical (unpaired) electrons. The van der Waals surface area contributed by atoms with Crippen LogP contribution in [0.5, 0.6) is 0 Å². The molecule has 1 saturated heterocycles. The number of aliphatic imine (C=N–C) groups is 1. The van der Waals surface area contributed by atoms with E-state index < -0.39 is 27.4 Å². The van der Waals surface area contributed by atoms with Crippen molar-refractivity contribution in [3.8, 4) is 0 Å². The minimum atomic E-state index is -4.66. The van der Waals surface area contributed by atoms with E-state index in [1.807, 2.05) is 11.8 Å². The number of hydrogen-bond donors (Lipinski definition) is 2. The molecular weight excluding hydrogens is 400 g/mol. The van der Waals surface area contributed by atoms with Gasteiger partial charge in [-0.25, -0.2) is 17.8 Å². The third-order valence-corrected chi connectivity index (χ3v) is 5.90. The van der Waals surface area contributed by atoms with Gasteiger partial charge in [-0.15, -0.1) is 0 Å². The number of hydrogen-bond acceptors (Lipinski definition) is 4. The van der Waals surface area contributed by atoms with Gasteiger partial charge in [0.2, 0.25) is 0 Å². The summed E-state index contributed by atoms with van der Waals surface area (Å²) in [6, 6.07) is 2.53. The first-order valence-electron chi connectivity index (χ1n) is 8.91. The van der Waals surface area contributed by atoms with Crippen LogP contribution in [-0.2, 0) is 22.6 Å². The molecule has 0 amide bonds. The van der Waals surface area contributed by atoms with Crippen molar-refractivity contribution >= 4 is 15.8 Å². The SMILES string of the molecule is CCNC(=NCc1ccc(F)cc1C(F)(F)F)NCCN1CCS(=O)(=O)CC1. The second kappa shape index (κ2) is 9.55. The number of nitrogens with one attached hydrogen (secondary N) is 2. The molecule has 11 heteroatoms. The lowest BCUT2D eigenvalue weighted by molar-refractivity contribution is -0.138. The topological polar surface area (TPSA) is 73.8 Å². The van der Waals surface area contributed by atoms with Crippen molar-refractivity contribution in [2.24, 2.45) is 4.99 Å². The maximum atomic E-state index is 13.2. The monoisotopic (exact) mass is 424 g/mol. The highest BCUT2D eigenvalue weighted by molar-refractivity contribution is 7.91. The van der Waals surface area contributed by atoms with Gasteiger partial charge < -0.3 is 10.6 Å². The molecule has 0 aliphatic carbocycles. The van der Waals surface area contributed by atoms with Gasteiger partial charge in [-0.1, -0.05) is 6.07 Å². The van der Waals surface area contributed by atoms with Crippen LogP contribution in [0.1, 0.15) is 18.1 Å². The molecule has 0 spiro atoms. The van der Waals surface area contributed by atoms with Crippen LogP contribution < -0.4 is 10.6 Å². The van der Waals surface area contributed by atoms with E-state index in [1.165, 1.54) is 0 Å². The Bertz CT molecular complexity index is 783. The summed E-state index contributed by atoms with van der Waals surface area (Å²) in [5.41, 5.74) is -1.16. The van der Waals surface area contributed by atoms with Crippen molar-refractivity contribution in [2.75, 3.05) is 44.2 Å². The molecular formula is C17H24F4N4O2S. The van der Waals surface area contributed by atoms with E-state index in [0.29, 0.717) is 44.7 Å². The van der Waals surface area contributed by atoms with Crippen molar-refractivity contribution in [1.82, 2.24) is 15.5 Å². The van der Waals surface area contributed by atoms with E-state index in [4.69, 9.17) is 0 Å². The van der Waals surface area contributed by atoms with E-state index in [9.17, 15) is 26.0 Å². The Balaban J connectivity index is 1.96. The molecule has 1 aromatic rings. The number of sulfone groups is 1. The van der Waals surface area contributed by atoms with Crippen LogP contribution >= 0.6 is 0 Å². The number of halogens is 4. The second-order valence-electron chi connectivity index (χ2n) is 6.41. The molecule has 0 unspecified atom stereocenters. The summed E-state index contributed by atoms with van der Waals surface area (Å²) in [6.07, 6.45) is -4.66. The van der Waals surface area contributed by atoms with E-state index in [1.54, 1.807) is 0 Å². The Kier molecular flexibility index (Phi) is 7.64. The molecule has 0 atom stereocenters. The van der Waals surface area contributed by atoms with Crippen molar-refractivity contribution < 1.29 is 26.0 Å². The van der Waals surface area contributed by atoms with Crippen LogP contribution in [0, 0.1) is 5.82 Å². The Morgan fingerprint density at radius 3 is 2.50 bits per heavy atom. The van der Waals surface area contributed by atoms with Crippen molar-refractivity contribution in [3.63, 3.8) is 0 Å². The number of alkyl halides is 3. The Hall–Kier alpha value is -1.88. The summed E-state index contributed by atoms with van der Waals surface area (Å²) < 4.78 is 75.2. The van der Waals surface area contributed by atoms with Crippen LogP contribution in [0.2, 0.25) is 0 Å². The number of rotatable bonds is 6. The fourth-order valence-corrected chi connectivity index (χ4v) is 4.04. The van der Waals surface area contributed by atoms with Gasteiger partial charge >= 0.3 is 6.18 Å². The molecule has 0 bridgehead atoms. The highest BCUT2D eigenvalue weighted by atomic mass is 32.2. The average Bonchev–Trinajstić information content (AvgIpc) is 2.61. The van der Waals surface area contributed by atoms with Gasteiger partial charge in [-0.05, 0) is 24.6 Å². The largest absolute Gasteiger partial charge is 0.416 e. The molecule has 1 aliphatic heterocycles. The molecule has 0 aromatic heterocycles. The summed E-state index contributed by atoms with van der Waals surface area (Å²) >= 11 is 0. The zero-order valence-corrected chi connectivity index (χ0v) is 16.3. The molecule has 1 aliphatic rings. The van der Waals surface area contributed by atoms with E-state index in [-0.39, 0.29) is 23.6 Å². The Labute approximate surface area is 161 Å². The lowest BCUT2D eigenvalue weighted by Crippen LogP contribution is -2.45. The van der Waals surface area contributed by atoms with Crippen LogP contribution in [0.15, 0.2) is 23.2 Å². The standard InChI is InChI=1S/C17H24F4N4O2S/c1-2-22-16(23-5-6-25-7-9-28(26,27)10-8-25)24-12-13-3-4-14(18)11-15(13)17(19,20)21/h3-4,11H,2,5-10,12H2,1H3,(H2,22,23,24). The van der Waals surface area contributed by atoms with Crippen molar-refractivity contribution in [3.05, 3.63) is 35.1 Å². The Morgan fingerprint density at radius 1 is 1.21 bits per heavy atom. The zero-order valence-electron chi connectivity index (χ0n) is 15.5. The van der Waals surface area contributed by atoms with Gasteiger partial charge in [-0.2, -0.15) is 13.2 Å². The lowest BCUT2D eigenvalue weighted by atomic mass is 10.1. The maximum Gasteiger partial charge on any atom is 0.416 e. The minimum Gasteiger partial charge on any atom is -0.357 e. The maximum absolute atomic E-state index is 13.2. The van der Waals surface area contributed by atoms with E-state index in [2.05, 4.69) is 15.6 Å². The molecule has 1 aromatic carbocycles. The van der Waals surface area contributed by atoms with Gasteiger partial charge in [0.15, 0.2) is 15.8 Å². The summed E-state index contributed by atoms with van der Waals surface area (Å²) in [7, 11) is -2.94. The van der Waals surface area contributed by atoms with Crippen LogP contribution in [-0.4, -0.2) is 63.5 Å². The molecule has 1 heterocycles. The number of guanidine groups is 1. The zero-order chi connectivity index (χ0) is 20.8. The van der Waals surface area contributed by atoms with E-state index >= 15 is 0 Å². The van der Waals surface area contributed by atoms with E-state index in [0.717, 1.165) is 12.1 Å². The van der Waals surface area contributed by atoms with Crippen molar-refractivity contribution in [1.29, 1.82) is 0 Å². The van der Waals surface area contributed by atoms with Crippen molar-refractivity contribution in [2.45, 2.75) is 19.6 Å². The highest BCUT2D eigenvalue weighted by Crippen LogP contribution is 2.32. The molecule has 0 saturated carbocycles. The van der Waals surface area contributed by atoms with Gasteiger partial charge in [0.1, 0.15) is 5.82 Å². The first-order valence-corrected chi connectivity index (χ1v) is 10.7. The minimum absolute atomic E-state index is 0.118.